The number of carboxylic acids is 1. The van der Waals surface area contributed by atoms with E-state index >= 15 is 0 Å². The number of benzene rings is 1. The highest BCUT2D eigenvalue weighted by atomic mass is 16.5. The summed E-state index contributed by atoms with van der Waals surface area (Å²) in [7, 11) is 4.84. The van der Waals surface area contributed by atoms with Crippen molar-refractivity contribution < 1.29 is 24.2 Å². The van der Waals surface area contributed by atoms with Crippen LogP contribution in [-0.4, -0.2) is 41.8 Å². The van der Waals surface area contributed by atoms with Crippen molar-refractivity contribution in [3.8, 4) is 11.5 Å². The lowest BCUT2D eigenvalue weighted by atomic mass is 10.1. The standard InChI is InChI=1S/C17H22N2O5/c1-5-6-12(17(21)22)18-16(20)14-9-11-13(19(14)2)7-10(23-3)8-15(11)24-4/h7-9,12H,5-6H2,1-4H3,(H,18,20)(H,21,22)/t12-/m0/s1. The van der Waals surface area contributed by atoms with Gasteiger partial charge in [-0.15, -0.1) is 0 Å². The fourth-order valence-corrected chi connectivity index (χ4v) is 2.66. The molecule has 0 bridgehead atoms. The summed E-state index contributed by atoms with van der Waals surface area (Å²) in [5, 5.41) is 12.5. The van der Waals surface area contributed by atoms with E-state index in [0.29, 0.717) is 30.0 Å². The second-order valence-corrected chi connectivity index (χ2v) is 5.50. The fourth-order valence-electron chi connectivity index (χ4n) is 2.66. The van der Waals surface area contributed by atoms with Crippen LogP contribution in [0.1, 0.15) is 30.3 Å². The molecule has 0 aliphatic heterocycles. The van der Waals surface area contributed by atoms with E-state index in [9.17, 15) is 14.7 Å². The number of carbonyl (C=O) groups excluding carboxylic acids is 1. The first-order valence-electron chi connectivity index (χ1n) is 7.68. The van der Waals surface area contributed by atoms with E-state index in [4.69, 9.17) is 9.47 Å². The van der Waals surface area contributed by atoms with Gasteiger partial charge in [0.25, 0.3) is 5.91 Å². The average molecular weight is 334 g/mol. The molecule has 0 fully saturated rings. The Labute approximate surface area is 140 Å². The Bertz CT molecular complexity index is 766. The van der Waals surface area contributed by atoms with Crippen molar-refractivity contribution in [1.29, 1.82) is 0 Å². The van der Waals surface area contributed by atoms with E-state index in [-0.39, 0.29) is 0 Å². The molecule has 2 N–H and O–H groups in total. The van der Waals surface area contributed by atoms with Gasteiger partial charge in [0.2, 0.25) is 0 Å². The first-order chi connectivity index (χ1) is 11.4. The summed E-state index contributed by atoms with van der Waals surface area (Å²) in [6.07, 6.45) is 1.04. The number of rotatable bonds is 7. The minimum atomic E-state index is -1.04. The van der Waals surface area contributed by atoms with Crippen LogP contribution in [0.2, 0.25) is 0 Å². The third-order valence-electron chi connectivity index (χ3n) is 3.97. The molecule has 7 heteroatoms. The lowest BCUT2D eigenvalue weighted by molar-refractivity contribution is -0.139. The molecule has 1 aromatic heterocycles. The van der Waals surface area contributed by atoms with Gasteiger partial charge in [-0.3, -0.25) is 4.79 Å². The Morgan fingerprint density at radius 2 is 1.96 bits per heavy atom. The molecule has 24 heavy (non-hydrogen) atoms. The molecule has 1 heterocycles. The van der Waals surface area contributed by atoms with Gasteiger partial charge in [0, 0.05) is 24.6 Å². The normalized spacial score (nSPS) is 12.0. The molecule has 0 saturated heterocycles. The zero-order valence-corrected chi connectivity index (χ0v) is 14.3. The van der Waals surface area contributed by atoms with Crippen LogP contribution in [0.5, 0.6) is 11.5 Å². The van der Waals surface area contributed by atoms with Gasteiger partial charge in [0.05, 0.1) is 19.7 Å². The summed E-state index contributed by atoms with van der Waals surface area (Å²) in [5.41, 5.74) is 1.12. The molecular formula is C17H22N2O5. The van der Waals surface area contributed by atoms with Gasteiger partial charge in [-0.25, -0.2) is 4.79 Å². The number of ether oxygens (including phenoxy) is 2. The average Bonchev–Trinajstić information content (AvgIpc) is 2.90. The number of nitrogens with zero attached hydrogens (tertiary/aromatic N) is 1. The molecule has 0 aliphatic carbocycles. The van der Waals surface area contributed by atoms with Crippen molar-refractivity contribution in [3.05, 3.63) is 23.9 Å². The third kappa shape index (κ3) is 3.29. The highest BCUT2D eigenvalue weighted by molar-refractivity contribution is 6.02. The second-order valence-electron chi connectivity index (χ2n) is 5.50. The fraction of sp³-hybridized carbons (Fsp3) is 0.412. The molecule has 2 aromatic rings. The summed E-state index contributed by atoms with van der Waals surface area (Å²) in [6, 6.07) is 4.32. The largest absolute Gasteiger partial charge is 0.497 e. The second kappa shape index (κ2) is 7.25. The van der Waals surface area contributed by atoms with Crippen molar-refractivity contribution >= 4 is 22.8 Å². The van der Waals surface area contributed by atoms with E-state index in [1.54, 1.807) is 44.0 Å². The number of hydrogen-bond acceptors (Lipinski definition) is 4. The van der Waals surface area contributed by atoms with Crippen molar-refractivity contribution in [2.24, 2.45) is 7.05 Å². The molecule has 0 aliphatic rings. The summed E-state index contributed by atoms with van der Waals surface area (Å²) in [5.74, 6) is -0.275. The number of nitrogens with one attached hydrogen (secondary N) is 1. The van der Waals surface area contributed by atoms with Crippen LogP contribution < -0.4 is 14.8 Å². The lowest BCUT2D eigenvalue weighted by Gasteiger charge is -2.13. The van der Waals surface area contributed by atoms with Crippen LogP contribution in [0.4, 0.5) is 0 Å². The van der Waals surface area contributed by atoms with Crippen molar-refractivity contribution in [1.82, 2.24) is 9.88 Å². The topological polar surface area (TPSA) is 89.8 Å². The number of carboxylic acid groups (broad SMARTS) is 1. The molecule has 1 aromatic carbocycles. The highest BCUT2D eigenvalue weighted by Crippen LogP contribution is 2.33. The van der Waals surface area contributed by atoms with Crippen molar-refractivity contribution in [2.75, 3.05) is 14.2 Å². The maximum Gasteiger partial charge on any atom is 0.326 e. The summed E-state index contributed by atoms with van der Waals surface area (Å²) >= 11 is 0. The predicted octanol–water partition coefficient (Wildman–Crippen LogP) is 2.18. The van der Waals surface area contributed by atoms with Gasteiger partial charge in [0.1, 0.15) is 23.2 Å². The smallest absolute Gasteiger partial charge is 0.326 e. The maximum absolute atomic E-state index is 12.5. The molecule has 0 unspecified atom stereocenters. The molecule has 130 valence electrons. The van der Waals surface area contributed by atoms with Crippen LogP contribution in [-0.2, 0) is 11.8 Å². The number of aliphatic carboxylic acids is 1. The third-order valence-corrected chi connectivity index (χ3v) is 3.97. The van der Waals surface area contributed by atoms with Gasteiger partial charge in [-0.05, 0) is 12.5 Å². The Morgan fingerprint density at radius 3 is 2.50 bits per heavy atom. The molecular weight excluding hydrogens is 312 g/mol. The predicted molar refractivity (Wildman–Crippen MR) is 89.8 cm³/mol. The summed E-state index contributed by atoms with van der Waals surface area (Å²) < 4.78 is 12.3. The monoisotopic (exact) mass is 334 g/mol. The van der Waals surface area contributed by atoms with Crippen LogP contribution in [0, 0.1) is 0 Å². The Kier molecular flexibility index (Phi) is 5.33. The van der Waals surface area contributed by atoms with Gasteiger partial charge >= 0.3 is 5.97 Å². The number of hydrogen-bond donors (Lipinski definition) is 2. The van der Waals surface area contributed by atoms with Gasteiger partial charge < -0.3 is 24.5 Å². The number of methoxy groups -OCH3 is 2. The number of carbonyl (C=O) groups is 2. The van der Waals surface area contributed by atoms with Crippen LogP contribution in [0.3, 0.4) is 0 Å². The Morgan fingerprint density at radius 1 is 1.25 bits per heavy atom. The first kappa shape index (κ1) is 17.7. The van der Waals surface area contributed by atoms with Crippen LogP contribution in [0.25, 0.3) is 10.9 Å². The Balaban J connectivity index is 2.43. The molecule has 2 rings (SSSR count). The first-order valence-corrected chi connectivity index (χ1v) is 7.68. The van der Waals surface area contributed by atoms with Crippen molar-refractivity contribution in [2.45, 2.75) is 25.8 Å². The van der Waals surface area contributed by atoms with E-state index in [2.05, 4.69) is 5.32 Å². The van der Waals surface area contributed by atoms with Gasteiger partial charge in [-0.1, -0.05) is 13.3 Å². The number of aryl methyl sites for hydroxylation is 1. The van der Waals surface area contributed by atoms with Gasteiger partial charge in [0.15, 0.2) is 0 Å². The van der Waals surface area contributed by atoms with E-state index < -0.39 is 17.9 Å². The molecule has 7 nitrogen and oxygen atoms in total. The number of aromatic nitrogens is 1. The van der Waals surface area contributed by atoms with Gasteiger partial charge in [-0.2, -0.15) is 0 Å². The highest BCUT2D eigenvalue weighted by Gasteiger charge is 2.23. The summed E-state index contributed by atoms with van der Waals surface area (Å²) in [4.78, 5) is 23.8. The zero-order valence-electron chi connectivity index (χ0n) is 14.3. The molecule has 1 atom stereocenters. The Hall–Kier alpha value is -2.70. The number of amides is 1. The molecule has 0 saturated carbocycles. The number of fused-ring (bicyclic) bond motifs is 1. The lowest BCUT2D eigenvalue weighted by Crippen LogP contribution is -2.41. The maximum atomic E-state index is 12.5. The molecule has 1 amide bonds. The van der Waals surface area contributed by atoms with E-state index in [1.165, 1.54) is 0 Å². The zero-order chi connectivity index (χ0) is 17.9. The SMILES string of the molecule is CCC[C@H](NC(=O)c1cc2c(OC)cc(OC)cc2n1C)C(=O)O. The van der Waals surface area contributed by atoms with E-state index in [1.807, 2.05) is 6.92 Å². The minimum absolute atomic E-state index is 0.360. The molecule has 0 spiro atoms. The molecule has 0 radical (unpaired) electrons. The van der Waals surface area contributed by atoms with E-state index in [0.717, 1.165) is 10.9 Å². The van der Waals surface area contributed by atoms with Crippen LogP contribution >= 0.6 is 0 Å². The van der Waals surface area contributed by atoms with Crippen molar-refractivity contribution in [3.63, 3.8) is 0 Å². The summed E-state index contributed by atoms with van der Waals surface area (Å²) in [6.45, 7) is 1.87. The minimum Gasteiger partial charge on any atom is -0.497 e. The van der Waals surface area contributed by atoms with Crippen LogP contribution in [0.15, 0.2) is 18.2 Å². The quantitative estimate of drug-likeness (QED) is 0.810.